The molecule has 0 fully saturated rings. The minimum absolute atomic E-state index is 0.684. The topological polar surface area (TPSA) is 85.0 Å². The van der Waals surface area contributed by atoms with Crippen LogP contribution in [0.3, 0.4) is 0 Å². The summed E-state index contributed by atoms with van der Waals surface area (Å²) in [6.45, 7) is 10.1. The van der Waals surface area contributed by atoms with Crippen molar-refractivity contribution in [3.05, 3.63) is 42.2 Å². The van der Waals surface area contributed by atoms with Crippen molar-refractivity contribution in [3.63, 3.8) is 0 Å². The number of imidazole rings is 1. The molecule has 0 amide bonds. The van der Waals surface area contributed by atoms with Crippen LogP contribution in [0.2, 0.25) is 0 Å². The van der Waals surface area contributed by atoms with Crippen LogP contribution in [0.4, 0.5) is 0 Å². The molecule has 8 nitrogen and oxygen atoms in total. The lowest BCUT2D eigenvalue weighted by molar-refractivity contribution is 0.630. The summed E-state index contributed by atoms with van der Waals surface area (Å²) < 4.78 is 4.28. The lowest BCUT2D eigenvalue weighted by atomic mass is 10.3. The minimum atomic E-state index is 0.684. The van der Waals surface area contributed by atoms with Crippen LogP contribution in [0, 0.1) is 6.92 Å². The van der Waals surface area contributed by atoms with Crippen LogP contribution in [0.15, 0.2) is 35.6 Å². The van der Waals surface area contributed by atoms with Gasteiger partial charge >= 0.3 is 0 Å². The van der Waals surface area contributed by atoms with E-state index in [1.165, 1.54) is 0 Å². The second kappa shape index (κ2) is 9.16. The molecule has 0 saturated carbocycles. The van der Waals surface area contributed by atoms with Gasteiger partial charge in [0.2, 0.25) is 0 Å². The molecule has 0 atom stereocenters. The van der Waals surface area contributed by atoms with Gasteiger partial charge in [0.15, 0.2) is 5.96 Å². The molecule has 0 radical (unpaired) electrons. The molecule has 2 N–H and O–H groups in total. The number of aryl methyl sites for hydroxylation is 2. The van der Waals surface area contributed by atoms with Crippen molar-refractivity contribution in [2.75, 3.05) is 19.6 Å². The van der Waals surface area contributed by atoms with Gasteiger partial charge in [0, 0.05) is 32.6 Å². The molecule has 1 aromatic carbocycles. The maximum Gasteiger partial charge on any atom is 0.191 e. The average Bonchev–Trinajstić information content (AvgIpc) is 3.25. The molecule has 2 heterocycles. The van der Waals surface area contributed by atoms with Gasteiger partial charge in [0.05, 0.1) is 17.6 Å². The molecule has 0 aliphatic heterocycles. The predicted octanol–water partition coefficient (Wildman–Crippen LogP) is 1.75. The van der Waals surface area contributed by atoms with E-state index in [0.29, 0.717) is 6.54 Å². The van der Waals surface area contributed by atoms with E-state index in [4.69, 9.17) is 4.99 Å². The van der Waals surface area contributed by atoms with Crippen LogP contribution in [0.5, 0.6) is 0 Å². The van der Waals surface area contributed by atoms with Crippen molar-refractivity contribution >= 4 is 17.0 Å². The molecule has 0 bridgehead atoms. The van der Waals surface area contributed by atoms with Gasteiger partial charge in [-0.1, -0.05) is 19.1 Å². The lowest BCUT2D eigenvalue weighted by Gasteiger charge is -2.12. The second-order valence-electron chi connectivity index (χ2n) is 6.28. The van der Waals surface area contributed by atoms with Gasteiger partial charge in [-0.25, -0.2) is 4.98 Å². The van der Waals surface area contributed by atoms with Crippen molar-refractivity contribution < 1.29 is 0 Å². The molecular formula is C19H28N8. The van der Waals surface area contributed by atoms with Gasteiger partial charge in [0.1, 0.15) is 18.0 Å². The molecule has 0 aliphatic carbocycles. The molecule has 8 heteroatoms. The molecule has 3 rings (SSSR count). The predicted molar refractivity (Wildman–Crippen MR) is 108 cm³/mol. The van der Waals surface area contributed by atoms with Crippen LogP contribution in [0.1, 0.15) is 25.5 Å². The van der Waals surface area contributed by atoms with Crippen molar-refractivity contribution in [1.29, 1.82) is 0 Å². The Labute approximate surface area is 159 Å². The summed E-state index contributed by atoms with van der Waals surface area (Å²) in [6, 6.07) is 8.21. The fraction of sp³-hybridized carbons (Fsp3) is 0.474. The number of rotatable bonds is 8. The normalized spacial score (nSPS) is 11.9. The van der Waals surface area contributed by atoms with Crippen molar-refractivity contribution in [2.24, 2.45) is 4.99 Å². The molecule has 3 aromatic rings. The smallest absolute Gasteiger partial charge is 0.191 e. The van der Waals surface area contributed by atoms with Gasteiger partial charge in [0.25, 0.3) is 0 Å². The summed E-state index contributed by atoms with van der Waals surface area (Å²) in [7, 11) is 0. The Kier molecular flexibility index (Phi) is 6.40. The van der Waals surface area contributed by atoms with Gasteiger partial charge in [-0.2, -0.15) is 0 Å². The second-order valence-corrected chi connectivity index (χ2v) is 6.28. The van der Waals surface area contributed by atoms with Crippen LogP contribution >= 0.6 is 0 Å². The first-order valence-corrected chi connectivity index (χ1v) is 9.53. The number of nitrogens with one attached hydrogen (secondary N) is 2. The highest BCUT2D eigenvalue weighted by Gasteiger charge is 2.06. The van der Waals surface area contributed by atoms with Crippen LogP contribution in [-0.4, -0.2) is 49.9 Å². The Morgan fingerprint density at radius 3 is 2.81 bits per heavy atom. The first kappa shape index (κ1) is 18.9. The Balaban J connectivity index is 1.57. The largest absolute Gasteiger partial charge is 0.357 e. The first-order chi connectivity index (χ1) is 13.2. The summed E-state index contributed by atoms with van der Waals surface area (Å²) in [5, 5.41) is 14.8. The van der Waals surface area contributed by atoms with Gasteiger partial charge < -0.3 is 19.8 Å². The molecule has 144 valence electrons. The summed E-state index contributed by atoms with van der Waals surface area (Å²) >= 11 is 0. The molecule has 0 unspecified atom stereocenters. The minimum Gasteiger partial charge on any atom is -0.357 e. The molecule has 0 spiro atoms. The number of hydrogen-bond donors (Lipinski definition) is 2. The zero-order valence-corrected chi connectivity index (χ0v) is 16.3. The van der Waals surface area contributed by atoms with Crippen molar-refractivity contribution in [1.82, 2.24) is 34.9 Å². The number of benzene rings is 1. The molecule has 2 aromatic heterocycles. The Morgan fingerprint density at radius 2 is 2.00 bits per heavy atom. The fourth-order valence-electron chi connectivity index (χ4n) is 3.12. The monoisotopic (exact) mass is 368 g/mol. The highest BCUT2D eigenvalue weighted by molar-refractivity contribution is 5.79. The summed E-state index contributed by atoms with van der Waals surface area (Å²) in [6.07, 6.45) is 2.66. The number of guanidine groups is 1. The molecular weight excluding hydrogens is 340 g/mol. The molecule has 0 saturated heterocycles. The van der Waals surface area contributed by atoms with Crippen LogP contribution < -0.4 is 10.6 Å². The SMILES string of the molecule is CCNC(=NCCn1c(C)nc2ccccc21)NCCn1cnnc1CC. The Morgan fingerprint density at radius 1 is 1.15 bits per heavy atom. The van der Waals surface area contributed by atoms with Gasteiger partial charge in [-0.3, -0.25) is 4.99 Å². The number of aromatic nitrogens is 5. The number of nitrogens with zero attached hydrogens (tertiary/aromatic N) is 6. The van der Waals surface area contributed by atoms with E-state index in [-0.39, 0.29) is 0 Å². The number of hydrogen-bond acceptors (Lipinski definition) is 4. The van der Waals surface area contributed by atoms with E-state index in [9.17, 15) is 0 Å². The van der Waals surface area contributed by atoms with Crippen LogP contribution in [0.25, 0.3) is 11.0 Å². The summed E-state index contributed by atoms with van der Waals surface area (Å²) in [5.74, 6) is 2.84. The number of aliphatic imine (C=N–C) groups is 1. The highest BCUT2D eigenvalue weighted by Crippen LogP contribution is 2.14. The van der Waals surface area contributed by atoms with Crippen LogP contribution in [-0.2, 0) is 19.5 Å². The Bertz CT molecular complexity index is 892. The Hall–Kier alpha value is -2.90. The van der Waals surface area contributed by atoms with Gasteiger partial charge in [-0.05, 0) is 26.0 Å². The molecule has 27 heavy (non-hydrogen) atoms. The number of fused-ring (bicyclic) bond motifs is 1. The summed E-state index contributed by atoms with van der Waals surface area (Å²) in [4.78, 5) is 9.31. The van der Waals surface area contributed by atoms with E-state index >= 15 is 0 Å². The van der Waals surface area contributed by atoms with Crippen molar-refractivity contribution in [3.8, 4) is 0 Å². The molecule has 0 aliphatic rings. The average molecular weight is 368 g/mol. The van der Waals surface area contributed by atoms with E-state index in [1.54, 1.807) is 6.33 Å². The first-order valence-electron chi connectivity index (χ1n) is 9.53. The lowest BCUT2D eigenvalue weighted by Crippen LogP contribution is -2.39. The maximum absolute atomic E-state index is 4.70. The quantitative estimate of drug-likeness (QED) is 0.467. The van der Waals surface area contributed by atoms with Gasteiger partial charge in [-0.15, -0.1) is 10.2 Å². The zero-order valence-electron chi connectivity index (χ0n) is 16.3. The highest BCUT2D eigenvalue weighted by atomic mass is 15.3. The van der Waals surface area contributed by atoms with Crippen molar-refractivity contribution in [2.45, 2.75) is 40.3 Å². The van der Waals surface area contributed by atoms with E-state index in [2.05, 4.69) is 54.9 Å². The standard InChI is InChI=1S/C19H28N8/c1-4-18-25-23-14-26(18)12-10-21-19(20-5-2)22-11-13-27-15(3)24-16-8-6-7-9-17(16)27/h6-9,14H,4-5,10-13H2,1-3H3,(H2,20,21,22). The van der Waals surface area contributed by atoms with E-state index in [0.717, 1.165) is 61.2 Å². The maximum atomic E-state index is 4.70. The third kappa shape index (κ3) is 4.64. The number of para-hydroxylation sites is 2. The third-order valence-electron chi connectivity index (χ3n) is 4.44. The third-order valence-corrected chi connectivity index (χ3v) is 4.44. The fourth-order valence-corrected chi connectivity index (χ4v) is 3.12. The zero-order chi connectivity index (χ0) is 19.1. The summed E-state index contributed by atoms with van der Waals surface area (Å²) in [5.41, 5.74) is 2.19. The van der Waals surface area contributed by atoms with E-state index < -0.39 is 0 Å². The van der Waals surface area contributed by atoms with E-state index in [1.807, 2.05) is 25.1 Å².